The molecule has 3 rings (SSSR count). The molecule has 1 fully saturated rings. The number of nitrogens with one attached hydrogen (secondary N) is 1. The van der Waals surface area contributed by atoms with E-state index in [1.54, 1.807) is 18.7 Å². The number of allylic oxidation sites excluding steroid dienone is 2. The Kier molecular flexibility index (Phi) is 6.11. The van der Waals surface area contributed by atoms with E-state index in [4.69, 9.17) is 0 Å². The molecule has 1 unspecified atom stereocenters. The van der Waals surface area contributed by atoms with Crippen LogP contribution in [0.3, 0.4) is 0 Å². The number of carbonyl (C=O) groups excluding carboxylic acids is 2. The third kappa shape index (κ3) is 4.30. The lowest BCUT2D eigenvalue weighted by Gasteiger charge is -2.32. The second-order valence-electron chi connectivity index (χ2n) is 7.04. The van der Waals surface area contributed by atoms with Crippen molar-refractivity contribution in [2.45, 2.75) is 26.3 Å². The number of carbonyl (C=O) groups is 2. The summed E-state index contributed by atoms with van der Waals surface area (Å²) in [5.74, 6) is 0.199. The van der Waals surface area contributed by atoms with E-state index >= 15 is 0 Å². The fourth-order valence-corrected chi connectivity index (χ4v) is 4.77. The molecule has 1 amide bonds. The van der Waals surface area contributed by atoms with Gasteiger partial charge < -0.3 is 20.0 Å². The highest BCUT2D eigenvalue weighted by Crippen LogP contribution is 2.38. The molecule has 7 heteroatoms. The van der Waals surface area contributed by atoms with Crippen molar-refractivity contribution in [1.29, 1.82) is 0 Å². The molecule has 0 aliphatic carbocycles. The van der Waals surface area contributed by atoms with Gasteiger partial charge in [0.2, 0.25) is 0 Å². The van der Waals surface area contributed by atoms with Crippen LogP contribution in [-0.4, -0.2) is 71.7 Å². The first-order valence-corrected chi connectivity index (χ1v) is 10.3. The third-order valence-electron chi connectivity index (χ3n) is 5.14. The molecule has 1 aromatic carbocycles. The van der Waals surface area contributed by atoms with Crippen LogP contribution in [0.2, 0.25) is 0 Å². The number of amides is 1. The highest BCUT2D eigenvalue weighted by molar-refractivity contribution is 8.04. The number of anilines is 1. The molecule has 1 saturated heterocycles. The Morgan fingerprint density at radius 2 is 1.78 bits per heavy atom. The van der Waals surface area contributed by atoms with Crippen molar-refractivity contribution < 1.29 is 9.59 Å². The van der Waals surface area contributed by atoms with Crippen LogP contribution in [0, 0.1) is 0 Å². The Morgan fingerprint density at radius 3 is 2.33 bits per heavy atom. The van der Waals surface area contributed by atoms with Gasteiger partial charge in [0, 0.05) is 49.7 Å². The highest BCUT2D eigenvalue weighted by atomic mass is 32.2. The number of ketones is 1. The Morgan fingerprint density at radius 1 is 1.15 bits per heavy atom. The molecule has 1 aromatic rings. The lowest BCUT2D eigenvalue weighted by Crippen LogP contribution is -2.47. The van der Waals surface area contributed by atoms with Gasteiger partial charge in [-0.05, 0) is 52.1 Å². The molecule has 1 N–H and O–H groups in total. The Labute approximate surface area is 165 Å². The van der Waals surface area contributed by atoms with Crippen molar-refractivity contribution in [1.82, 2.24) is 14.7 Å². The van der Waals surface area contributed by atoms with Gasteiger partial charge in [0.25, 0.3) is 5.91 Å². The number of nitrogens with zero attached hydrogens (tertiary/aromatic N) is 3. The minimum Gasteiger partial charge on any atom is -0.356 e. The van der Waals surface area contributed by atoms with E-state index < -0.39 is 0 Å². The van der Waals surface area contributed by atoms with Crippen LogP contribution < -0.4 is 5.32 Å². The van der Waals surface area contributed by atoms with Gasteiger partial charge in [-0.3, -0.25) is 9.59 Å². The predicted octanol–water partition coefficient (Wildman–Crippen LogP) is 2.66. The number of benzene rings is 1. The zero-order chi connectivity index (χ0) is 19.6. The molecule has 6 nitrogen and oxygen atoms in total. The van der Waals surface area contributed by atoms with Gasteiger partial charge >= 0.3 is 0 Å². The smallest absolute Gasteiger partial charge is 0.253 e. The Balaban J connectivity index is 1.64. The first-order chi connectivity index (χ1) is 12.9. The monoisotopic (exact) mass is 388 g/mol. The van der Waals surface area contributed by atoms with Gasteiger partial charge in [-0.1, -0.05) is 11.8 Å². The quantitative estimate of drug-likeness (QED) is 0.837. The maximum absolute atomic E-state index is 12.7. The first kappa shape index (κ1) is 19.8. The van der Waals surface area contributed by atoms with Crippen LogP contribution in [0.5, 0.6) is 0 Å². The van der Waals surface area contributed by atoms with Crippen molar-refractivity contribution in [3.05, 3.63) is 40.4 Å². The SMILES string of the molecule is CCN1C(C)=C(C(C)=O)SC1Nc1ccc(C(=O)N2CCN(C)CC2)cc1. The predicted molar refractivity (Wildman–Crippen MR) is 111 cm³/mol. The molecular weight excluding hydrogens is 360 g/mol. The van der Waals surface area contributed by atoms with Crippen LogP contribution in [0.15, 0.2) is 34.9 Å². The number of hydrogen-bond donors (Lipinski definition) is 1. The molecular formula is C20H28N4O2S. The van der Waals surface area contributed by atoms with Crippen LogP contribution >= 0.6 is 11.8 Å². The van der Waals surface area contributed by atoms with E-state index in [0.717, 1.165) is 54.6 Å². The van der Waals surface area contributed by atoms with Gasteiger partial charge in [0.05, 0.1) is 4.91 Å². The summed E-state index contributed by atoms with van der Waals surface area (Å²) in [5.41, 5.74) is 2.68. The molecule has 0 radical (unpaired) electrons. The normalized spacial score (nSPS) is 21.0. The number of rotatable bonds is 5. The lowest BCUT2D eigenvalue weighted by molar-refractivity contribution is -0.113. The fourth-order valence-electron chi connectivity index (χ4n) is 3.46. The minimum atomic E-state index is -0.00640. The van der Waals surface area contributed by atoms with Gasteiger partial charge in [-0.25, -0.2) is 0 Å². The minimum absolute atomic E-state index is 0.00640. The van der Waals surface area contributed by atoms with E-state index in [1.165, 1.54) is 0 Å². The molecule has 0 aromatic heterocycles. The molecule has 146 valence electrons. The maximum Gasteiger partial charge on any atom is 0.253 e. The highest BCUT2D eigenvalue weighted by Gasteiger charge is 2.31. The summed E-state index contributed by atoms with van der Waals surface area (Å²) in [6, 6.07) is 7.65. The molecule has 2 aliphatic rings. The van der Waals surface area contributed by atoms with Crippen LogP contribution in [0.4, 0.5) is 5.69 Å². The molecule has 0 bridgehead atoms. The van der Waals surface area contributed by atoms with E-state index in [9.17, 15) is 9.59 Å². The van der Waals surface area contributed by atoms with Gasteiger partial charge in [-0.15, -0.1) is 0 Å². The fraction of sp³-hybridized carbons (Fsp3) is 0.500. The molecule has 1 atom stereocenters. The van der Waals surface area contributed by atoms with Gasteiger partial charge in [0.15, 0.2) is 11.3 Å². The van der Waals surface area contributed by atoms with Gasteiger partial charge in [0.1, 0.15) is 0 Å². The lowest BCUT2D eigenvalue weighted by atomic mass is 10.1. The second kappa shape index (κ2) is 8.35. The largest absolute Gasteiger partial charge is 0.356 e. The summed E-state index contributed by atoms with van der Waals surface area (Å²) in [6.45, 7) is 9.90. The third-order valence-corrected chi connectivity index (χ3v) is 6.56. The Bertz CT molecular complexity index is 739. The van der Waals surface area contributed by atoms with Crippen molar-refractivity contribution in [2.24, 2.45) is 0 Å². The molecule has 0 spiro atoms. The van der Waals surface area contributed by atoms with E-state index in [0.29, 0.717) is 0 Å². The molecule has 27 heavy (non-hydrogen) atoms. The van der Waals surface area contributed by atoms with Crippen LogP contribution in [-0.2, 0) is 4.79 Å². The summed E-state index contributed by atoms with van der Waals surface area (Å²) < 4.78 is 0. The van der Waals surface area contributed by atoms with Crippen molar-refractivity contribution in [2.75, 3.05) is 45.1 Å². The summed E-state index contributed by atoms with van der Waals surface area (Å²) in [6.07, 6.45) is 0. The first-order valence-electron chi connectivity index (χ1n) is 9.40. The summed E-state index contributed by atoms with van der Waals surface area (Å²) in [5, 5.41) is 3.47. The Hall–Kier alpha value is -1.99. The van der Waals surface area contributed by atoms with Crippen molar-refractivity contribution >= 4 is 29.1 Å². The number of Topliss-reactive ketones (excluding diaryl/α,β-unsaturated/α-hetero) is 1. The average Bonchev–Trinajstić information content (AvgIpc) is 2.98. The molecule has 2 heterocycles. The van der Waals surface area contributed by atoms with E-state index in [-0.39, 0.29) is 17.2 Å². The maximum atomic E-state index is 12.7. The number of thioether (sulfide) groups is 1. The zero-order valence-corrected chi connectivity index (χ0v) is 17.3. The average molecular weight is 389 g/mol. The van der Waals surface area contributed by atoms with Gasteiger partial charge in [-0.2, -0.15) is 0 Å². The zero-order valence-electron chi connectivity index (χ0n) is 16.5. The van der Waals surface area contributed by atoms with Crippen LogP contribution in [0.25, 0.3) is 0 Å². The summed E-state index contributed by atoms with van der Waals surface area (Å²) in [4.78, 5) is 31.6. The topological polar surface area (TPSA) is 55.9 Å². The number of piperazine rings is 1. The van der Waals surface area contributed by atoms with Crippen molar-refractivity contribution in [3.63, 3.8) is 0 Å². The van der Waals surface area contributed by atoms with E-state index in [2.05, 4.69) is 29.1 Å². The number of likely N-dealkylation sites (N-methyl/N-ethyl adjacent to an activating group) is 1. The van der Waals surface area contributed by atoms with Crippen molar-refractivity contribution in [3.8, 4) is 0 Å². The van der Waals surface area contributed by atoms with Crippen LogP contribution in [0.1, 0.15) is 31.1 Å². The molecule has 0 saturated carbocycles. The van der Waals surface area contributed by atoms with E-state index in [1.807, 2.05) is 36.1 Å². The standard InChI is InChI=1S/C20H28N4O2S/c1-5-24-14(2)18(15(3)25)27-20(24)21-17-8-6-16(7-9-17)19(26)23-12-10-22(4)11-13-23/h6-9,20-21H,5,10-13H2,1-4H3. The summed E-state index contributed by atoms with van der Waals surface area (Å²) in [7, 11) is 2.08. The number of hydrogen-bond acceptors (Lipinski definition) is 6. The molecule has 2 aliphatic heterocycles. The summed E-state index contributed by atoms with van der Waals surface area (Å²) >= 11 is 1.55. The second-order valence-corrected chi connectivity index (χ2v) is 8.13.